The summed E-state index contributed by atoms with van der Waals surface area (Å²) in [7, 11) is -1.24. The zero-order chi connectivity index (χ0) is 11.6. The van der Waals surface area contributed by atoms with Gasteiger partial charge in [-0.05, 0) is 16.2 Å². The lowest BCUT2D eigenvalue weighted by atomic mass is 10.7. The van der Waals surface area contributed by atoms with Crippen LogP contribution in [0.4, 0.5) is 0 Å². The minimum absolute atomic E-state index is 1.21. The first kappa shape index (κ1) is 12.8. The van der Waals surface area contributed by atoms with Gasteiger partial charge in [-0.3, -0.25) is 0 Å². The van der Waals surface area contributed by atoms with E-state index in [9.17, 15) is 0 Å². The van der Waals surface area contributed by atoms with E-state index in [4.69, 9.17) is 0 Å². The molecule has 2 heterocycles. The van der Waals surface area contributed by atoms with E-state index in [0.717, 1.165) is 0 Å². The van der Waals surface area contributed by atoms with Gasteiger partial charge in [-0.15, -0.1) is 5.54 Å². The van der Waals surface area contributed by atoms with E-state index >= 15 is 0 Å². The molecule has 0 N–H and O–H groups in total. The molecule has 0 spiro atoms. The zero-order valence-corrected chi connectivity index (χ0v) is 13.6. The number of hydrogen-bond acceptors (Lipinski definition) is 4. The zero-order valence-electron chi connectivity index (χ0n) is 9.37. The molecule has 84 valence electrons. The van der Waals surface area contributed by atoms with Crippen LogP contribution in [0, 0.1) is 11.5 Å². The highest BCUT2D eigenvalue weighted by molar-refractivity contribution is 8.33. The topological polar surface area (TPSA) is 0 Å². The Hall–Kier alpha value is 0.397. The van der Waals surface area contributed by atoms with Gasteiger partial charge in [-0.25, -0.2) is 0 Å². The van der Waals surface area contributed by atoms with Gasteiger partial charge in [-0.2, -0.15) is 0 Å². The average Bonchev–Trinajstić information content (AvgIpc) is 2.84. The van der Waals surface area contributed by atoms with Crippen molar-refractivity contribution in [3.63, 3.8) is 0 Å². The van der Waals surface area contributed by atoms with Crippen LogP contribution in [-0.4, -0.2) is 8.07 Å². The Kier molecular flexibility index (Phi) is 4.30. The summed E-state index contributed by atoms with van der Waals surface area (Å²) in [5.41, 5.74) is 3.41. The molecule has 5 heteroatoms. The molecular weight excluding hydrogens is 288 g/mol. The number of rotatable bonds is 0. The quantitative estimate of drug-likeness (QED) is 0.441. The van der Waals surface area contributed by atoms with Crippen LogP contribution >= 0.6 is 47.0 Å². The van der Waals surface area contributed by atoms with Crippen molar-refractivity contribution in [2.24, 2.45) is 0 Å². The second-order valence-electron chi connectivity index (χ2n) is 4.28. The summed E-state index contributed by atoms with van der Waals surface area (Å²) in [6.07, 6.45) is 0. The van der Waals surface area contributed by atoms with E-state index in [1.807, 2.05) is 47.0 Å². The minimum Gasteiger partial charge on any atom is -0.126 e. The molecule has 0 radical (unpaired) electrons. The van der Waals surface area contributed by atoms with E-state index in [1.165, 1.54) is 13.4 Å². The third-order valence-corrected chi connectivity index (χ3v) is 7.42. The maximum absolute atomic E-state index is 3.41. The van der Waals surface area contributed by atoms with Crippen molar-refractivity contribution in [3.05, 3.63) is 29.6 Å². The maximum Gasteiger partial charge on any atom is 0.129 e. The number of thioether (sulfide) groups is 4. The molecule has 0 amide bonds. The van der Waals surface area contributed by atoms with Gasteiger partial charge in [0.1, 0.15) is 8.07 Å². The molecule has 0 saturated carbocycles. The predicted octanol–water partition coefficient (Wildman–Crippen LogP) is 5.27. The summed E-state index contributed by atoms with van der Waals surface area (Å²) >= 11 is 7.26. The molecule has 0 unspecified atom stereocenters. The molecular formula is C11H12S4Si. The SMILES string of the molecule is C[Si](C)(C)C#CC1=CSC(=C2SC=CS2)S1. The maximum atomic E-state index is 3.41. The molecule has 2 rings (SSSR count). The van der Waals surface area contributed by atoms with E-state index in [-0.39, 0.29) is 0 Å². The van der Waals surface area contributed by atoms with Gasteiger partial charge in [0.05, 0.1) is 13.4 Å². The Balaban J connectivity index is 2.02. The molecule has 0 aliphatic carbocycles. The molecule has 0 fully saturated rings. The summed E-state index contributed by atoms with van der Waals surface area (Å²) in [5, 5.41) is 6.46. The van der Waals surface area contributed by atoms with Gasteiger partial charge >= 0.3 is 0 Å². The van der Waals surface area contributed by atoms with Gasteiger partial charge in [0.15, 0.2) is 0 Å². The van der Waals surface area contributed by atoms with Gasteiger partial charge in [0, 0.05) is 0 Å². The fourth-order valence-corrected chi connectivity index (χ4v) is 5.81. The fourth-order valence-electron chi connectivity index (χ4n) is 0.952. The van der Waals surface area contributed by atoms with Crippen LogP contribution in [0.5, 0.6) is 0 Å². The Bertz CT molecular complexity index is 433. The highest BCUT2D eigenvalue weighted by Crippen LogP contribution is 2.52. The first-order chi connectivity index (χ1) is 7.54. The second-order valence-corrected chi connectivity index (χ2v) is 13.3. The minimum atomic E-state index is -1.24. The van der Waals surface area contributed by atoms with E-state index < -0.39 is 8.07 Å². The third kappa shape index (κ3) is 3.71. The highest BCUT2D eigenvalue weighted by atomic mass is 32.2. The van der Waals surface area contributed by atoms with Gasteiger partial charge in [0.2, 0.25) is 0 Å². The molecule has 0 aromatic rings. The van der Waals surface area contributed by atoms with E-state index in [2.05, 4.69) is 47.3 Å². The van der Waals surface area contributed by atoms with Gasteiger partial charge in [-0.1, -0.05) is 72.6 Å². The molecule has 2 aliphatic heterocycles. The van der Waals surface area contributed by atoms with Crippen molar-refractivity contribution < 1.29 is 0 Å². The smallest absolute Gasteiger partial charge is 0.126 e. The largest absolute Gasteiger partial charge is 0.129 e. The van der Waals surface area contributed by atoms with Crippen LogP contribution < -0.4 is 0 Å². The Morgan fingerprint density at radius 1 is 1.00 bits per heavy atom. The van der Waals surface area contributed by atoms with Crippen LogP contribution in [0.2, 0.25) is 19.6 Å². The molecule has 0 aromatic heterocycles. The summed E-state index contributed by atoms with van der Waals surface area (Å²) in [4.78, 5) is 1.21. The molecule has 2 aliphatic rings. The lowest BCUT2D eigenvalue weighted by Gasteiger charge is -2.03. The monoisotopic (exact) mass is 300 g/mol. The Morgan fingerprint density at radius 3 is 2.31 bits per heavy atom. The number of allylic oxidation sites excluding steroid dienone is 1. The van der Waals surface area contributed by atoms with Gasteiger partial charge < -0.3 is 0 Å². The standard InChI is InChI=1S/C11H12S4Si/c1-16(2,3)7-4-9-8-14-11(15-9)10-12-5-6-13-10/h5-6,8H,1-3H3. The molecule has 16 heavy (non-hydrogen) atoms. The first-order valence-electron chi connectivity index (χ1n) is 4.85. The molecule has 0 nitrogen and oxygen atoms in total. The lowest BCUT2D eigenvalue weighted by Crippen LogP contribution is -2.16. The Labute approximate surface area is 115 Å². The van der Waals surface area contributed by atoms with Crippen LogP contribution in [0.25, 0.3) is 0 Å². The van der Waals surface area contributed by atoms with Crippen LogP contribution in [-0.2, 0) is 0 Å². The van der Waals surface area contributed by atoms with Crippen molar-refractivity contribution in [1.82, 2.24) is 0 Å². The lowest BCUT2D eigenvalue weighted by molar-refractivity contribution is 1.81. The van der Waals surface area contributed by atoms with E-state index in [0.29, 0.717) is 0 Å². The van der Waals surface area contributed by atoms with Gasteiger partial charge in [0.25, 0.3) is 0 Å². The molecule has 0 atom stereocenters. The molecule has 0 saturated heterocycles. The van der Waals surface area contributed by atoms with Crippen LogP contribution in [0.3, 0.4) is 0 Å². The highest BCUT2D eigenvalue weighted by Gasteiger charge is 2.18. The van der Waals surface area contributed by atoms with Crippen molar-refractivity contribution in [3.8, 4) is 11.5 Å². The first-order valence-corrected chi connectivity index (χ1v) is 11.8. The summed E-state index contributed by atoms with van der Waals surface area (Å²) in [6.45, 7) is 6.83. The van der Waals surface area contributed by atoms with Crippen molar-refractivity contribution >= 4 is 55.1 Å². The van der Waals surface area contributed by atoms with Crippen molar-refractivity contribution in [1.29, 1.82) is 0 Å². The average molecular weight is 301 g/mol. The molecule has 0 bridgehead atoms. The van der Waals surface area contributed by atoms with Crippen LogP contribution in [0.15, 0.2) is 29.6 Å². The normalized spacial score (nSPS) is 19.8. The second kappa shape index (κ2) is 5.36. The van der Waals surface area contributed by atoms with Crippen LogP contribution in [0.1, 0.15) is 0 Å². The van der Waals surface area contributed by atoms with E-state index in [1.54, 1.807) is 0 Å². The summed E-state index contributed by atoms with van der Waals surface area (Å²) in [6, 6.07) is 0. The van der Waals surface area contributed by atoms with Crippen molar-refractivity contribution in [2.75, 3.05) is 0 Å². The summed E-state index contributed by atoms with van der Waals surface area (Å²) in [5.74, 6) is 3.32. The predicted molar refractivity (Wildman–Crippen MR) is 85.7 cm³/mol. The molecule has 0 aromatic carbocycles. The fraction of sp³-hybridized carbons (Fsp3) is 0.273. The number of hydrogen-bond donors (Lipinski definition) is 0. The van der Waals surface area contributed by atoms with Crippen molar-refractivity contribution in [2.45, 2.75) is 19.6 Å². The summed E-state index contributed by atoms with van der Waals surface area (Å²) < 4.78 is 2.79. The third-order valence-electron chi connectivity index (χ3n) is 1.61. The Morgan fingerprint density at radius 2 is 1.69 bits per heavy atom.